The van der Waals surface area contributed by atoms with E-state index in [1.54, 1.807) is 6.92 Å². The Hall–Kier alpha value is -1.14. The highest BCUT2D eigenvalue weighted by atomic mass is 32.2. The lowest BCUT2D eigenvalue weighted by Crippen LogP contribution is -2.34. The van der Waals surface area contributed by atoms with E-state index in [9.17, 15) is 12.8 Å². The molecule has 4 nitrogen and oxygen atoms in total. The Balaban J connectivity index is 2.34. The molecule has 0 amide bonds. The van der Waals surface area contributed by atoms with Gasteiger partial charge in [0.25, 0.3) is 0 Å². The lowest BCUT2D eigenvalue weighted by molar-refractivity contribution is 0.525. The molecule has 1 aliphatic rings. The van der Waals surface area contributed by atoms with E-state index in [4.69, 9.17) is 5.73 Å². The maximum Gasteiger partial charge on any atom is 0.243 e. The van der Waals surface area contributed by atoms with E-state index in [0.717, 1.165) is 18.9 Å². The molecule has 6 heteroatoms. The van der Waals surface area contributed by atoms with Crippen molar-refractivity contribution in [1.29, 1.82) is 0 Å². The molecule has 1 unspecified atom stereocenters. The van der Waals surface area contributed by atoms with Gasteiger partial charge in [0.15, 0.2) is 0 Å². The molecule has 1 aliphatic carbocycles. The highest BCUT2D eigenvalue weighted by molar-refractivity contribution is 7.89. The molecule has 0 heterocycles. The Morgan fingerprint density at radius 2 is 2.06 bits per heavy atom. The minimum Gasteiger partial charge on any atom is -0.399 e. The first kappa shape index (κ1) is 13.3. The fourth-order valence-electron chi connectivity index (χ4n) is 1.96. The Morgan fingerprint density at radius 1 is 1.44 bits per heavy atom. The summed E-state index contributed by atoms with van der Waals surface area (Å²) >= 11 is 0. The lowest BCUT2D eigenvalue weighted by atomic mass is 10.2. The van der Waals surface area contributed by atoms with Crippen LogP contribution in [0.4, 0.5) is 10.1 Å². The fourth-order valence-corrected chi connectivity index (χ4v) is 3.46. The highest BCUT2D eigenvalue weighted by Gasteiger charge is 2.32. The van der Waals surface area contributed by atoms with Crippen LogP contribution < -0.4 is 10.5 Å². The van der Waals surface area contributed by atoms with Crippen LogP contribution in [0.5, 0.6) is 0 Å². The molecule has 0 aliphatic heterocycles. The van der Waals surface area contributed by atoms with Crippen LogP contribution in [0, 0.1) is 18.7 Å². The quantitative estimate of drug-likeness (QED) is 0.821. The zero-order chi connectivity index (χ0) is 13.5. The van der Waals surface area contributed by atoms with Gasteiger partial charge in [-0.15, -0.1) is 0 Å². The van der Waals surface area contributed by atoms with Crippen LogP contribution in [-0.4, -0.2) is 14.5 Å². The smallest absolute Gasteiger partial charge is 0.243 e. The number of anilines is 1. The van der Waals surface area contributed by atoms with Crippen LogP contribution in [-0.2, 0) is 10.0 Å². The van der Waals surface area contributed by atoms with E-state index in [0.29, 0.717) is 5.92 Å². The van der Waals surface area contributed by atoms with Crippen LogP contribution in [0.3, 0.4) is 0 Å². The summed E-state index contributed by atoms with van der Waals surface area (Å²) in [5.41, 5.74) is 6.04. The molecule has 0 bridgehead atoms. The van der Waals surface area contributed by atoms with E-state index >= 15 is 0 Å². The number of sulfonamides is 1. The predicted molar refractivity (Wildman–Crippen MR) is 68.1 cm³/mol. The molecule has 0 radical (unpaired) electrons. The molecule has 2 rings (SSSR count). The van der Waals surface area contributed by atoms with Gasteiger partial charge in [-0.25, -0.2) is 17.5 Å². The number of aryl methyl sites for hydroxylation is 1. The Morgan fingerprint density at radius 3 is 2.61 bits per heavy atom. The van der Waals surface area contributed by atoms with Gasteiger partial charge in [-0.1, -0.05) is 0 Å². The normalized spacial score (nSPS) is 17.7. The average molecular weight is 272 g/mol. The second-order valence-electron chi connectivity index (χ2n) is 4.90. The summed E-state index contributed by atoms with van der Waals surface area (Å²) in [6.07, 6.45) is 2.03. The molecule has 0 saturated heterocycles. The van der Waals surface area contributed by atoms with Gasteiger partial charge in [0.05, 0.1) is 0 Å². The van der Waals surface area contributed by atoms with Crippen molar-refractivity contribution < 1.29 is 12.8 Å². The summed E-state index contributed by atoms with van der Waals surface area (Å²) in [4.78, 5) is -0.368. The van der Waals surface area contributed by atoms with Crippen molar-refractivity contribution in [1.82, 2.24) is 4.72 Å². The third kappa shape index (κ3) is 2.64. The monoisotopic (exact) mass is 272 g/mol. The number of nitrogens with one attached hydrogen (secondary N) is 1. The molecule has 1 atom stereocenters. The lowest BCUT2D eigenvalue weighted by Gasteiger charge is -2.14. The second kappa shape index (κ2) is 4.51. The molecule has 0 aromatic heterocycles. The zero-order valence-corrected chi connectivity index (χ0v) is 11.2. The van der Waals surface area contributed by atoms with Gasteiger partial charge >= 0.3 is 0 Å². The number of rotatable bonds is 4. The summed E-state index contributed by atoms with van der Waals surface area (Å²) in [5, 5.41) is 0. The van der Waals surface area contributed by atoms with Gasteiger partial charge < -0.3 is 5.73 Å². The summed E-state index contributed by atoms with van der Waals surface area (Å²) in [5.74, 6) is -0.371. The van der Waals surface area contributed by atoms with Crippen LogP contribution >= 0.6 is 0 Å². The third-order valence-electron chi connectivity index (χ3n) is 3.20. The second-order valence-corrected chi connectivity index (χ2v) is 6.58. The van der Waals surface area contributed by atoms with Crippen molar-refractivity contribution in [3.05, 3.63) is 23.5 Å². The molecule has 1 aromatic carbocycles. The first-order valence-corrected chi connectivity index (χ1v) is 7.37. The van der Waals surface area contributed by atoms with Gasteiger partial charge in [-0.3, -0.25) is 0 Å². The van der Waals surface area contributed by atoms with E-state index < -0.39 is 15.8 Å². The number of nitrogens with two attached hydrogens (primary N) is 1. The first-order chi connectivity index (χ1) is 8.31. The standard InChI is InChI=1S/C12H17FN2O2S/c1-7-5-10(14)6-11(12(7)13)18(16,17)15-8(2)9-3-4-9/h5-6,8-9,15H,3-4,14H2,1-2H3. The molecule has 18 heavy (non-hydrogen) atoms. The predicted octanol–water partition coefficient (Wildman–Crippen LogP) is 1.79. The van der Waals surface area contributed by atoms with Crippen LogP contribution in [0.1, 0.15) is 25.3 Å². The van der Waals surface area contributed by atoms with E-state index in [1.807, 2.05) is 0 Å². The van der Waals surface area contributed by atoms with Crippen LogP contribution in [0.2, 0.25) is 0 Å². The van der Waals surface area contributed by atoms with Crippen molar-refractivity contribution >= 4 is 15.7 Å². The van der Waals surface area contributed by atoms with Crippen LogP contribution in [0.25, 0.3) is 0 Å². The maximum atomic E-state index is 13.9. The Bertz CT molecular complexity index is 568. The first-order valence-electron chi connectivity index (χ1n) is 5.89. The molecule has 1 aromatic rings. The number of halogens is 1. The summed E-state index contributed by atoms with van der Waals surface area (Å²) in [7, 11) is -3.85. The maximum absolute atomic E-state index is 13.9. The zero-order valence-electron chi connectivity index (χ0n) is 10.4. The average Bonchev–Trinajstić information content (AvgIpc) is 3.05. The van der Waals surface area contributed by atoms with Gasteiger partial charge in [0, 0.05) is 11.7 Å². The van der Waals surface area contributed by atoms with E-state index in [2.05, 4.69) is 4.72 Å². The van der Waals surface area contributed by atoms with Gasteiger partial charge in [-0.05, 0) is 50.3 Å². The molecular formula is C12H17FN2O2S. The minimum absolute atomic E-state index is 0.170. The minimum atomic E-state index is -3.85. The number of hydrogen-bond donors (Lipinski definition) is 2. The molecule has 3 N–H and O–H groups in total. The topological polar surface area (TPSA) is 72.2 Å². The van der Waals surface area contributed by atoms with Crippen molar-refractivity contribution in [3.8, 4) is 0 Å². The van der Waals surface area contributed by atoms with Gasteiger partial charge in [-0.2, -0.15) is 0 Å². The van der Waals surface area contributed by atoms with Gasteiger partial charge in [0.1, 0.15) is 10.7 Å². The van der Waals surface area contributed by atoms with Crippen LogP contribution in [0.15, 0.2) is 17.0 Å². The molecule has 0 spiro atoms. The summed E-state index contributed by atoms with van der Waals surface area (Å²) < 4.78 is 40.6. The fraction of sp³-hybridized carbons (Fsp3) is 0.500. The van der Waals surface area contributed by atoms with Gasteiger partial charge in [0.2, 0.25) is 10.0 Å². The van der Waals surface area contributed by atoms with E-state index in [1.165, 1.54) is 13.0 Å². The molecular weight excluding hydrogens is 255 g/mol. The number of nitrogen functional groups attached to an aromatic ring is 1. The Kier molecular flexibility index (Phi) is 3.33. The number of benzene rings is 1. The third-order valence-corrected chi connectivity index (χ3v) is 4.76. The summed E-state index contributed by atoms with van der Waals surface area (Å²) in [6.45, 7) is 3.29. The SMILES string of the molecule is Cc1cc(N)cc(S(=O)(=O)NC(C)C2CC2)c1F. The molecule has 100 valence electrons. The van der Waals surface area contributed by atoms with Crippen molar-refractivity contribution in [2.45, 2.75) is 37.6 Å². The molecule has 1 saturated carbocycles. The Labute approximate surface area is 106 Å². The van der Waals surface area contributed by atoms with Crippen molar-refractivity contribution in [2.24, 2.45) is 5.92 Å². The largest absolute Gasteiger partial charge is 0.399 e. The summed E-state index contributed by atoms with van der Waals surface area (Å²) in [6, 6.07) is 2.40. The van der Waals surface area contributed by atoms with Crippen molar-refractivity contribution in [3.63, 3.8) is 0 Å². The van der Waals surface area contributed by atoms with Crippen molar-refractivity contribution in [2.75, 3.05) is 5.73 Å². The highest BCUT2D eigenvalue weighted by Crippen LogP contribution is 2.33. The van der Waals surface area contributed by atoms with E-state index in [-0.39, 0.29) is 22.2 Å². The molecule has 1 fully saturated rings. The number of hydrogen-bond acceptors (Lipinski definition) is 3.